The molecule has 1 unspecified atom stereocenters. The van der Waals surface area contributed by atoms with Crippen LogP contribution in [0.5, 0.6) is 17.2 Å². The number of fused-ring (bicyclic) bond motifs is 1. The van der Waals surface area contributed by atoms with E-state index in [4.69, 9.17) is 23.7 Å². The van der Waals surface area contributed by atoms with Gasteiger partial charge >= 0.3 is 0 Å². The Morgan fingerprint density at radius 3 is 2.40 bits per heavy atom. The number of anilines is 2. The van der Waals surface area contributed by atoms with E-state index in [0.717, 1.165) is 28.8 Å². The molecule has 0 aliphatic carbocycles. The summed E-state index contributed by atoms with van der Waals surface area (Å²) in [7, 11) is 3.20. The molecule has 1 aromatic heterocycles. The molecule has 0 bridgehead atoms. The van der Waals surface area contributed by atoms with Crippen LogP contribution >= 0.6 is 0 Å². The van der Waals surface area contributed by atoms with Crippen LogP contribution in [0.3, 0.4) is 0 Å². The zero-order valence-electron chi connectivity index (χ0n) is 17.3. The van der Waals surface area contributed by atoms with E-state index in [1.54, 1.807) is 14.2 Å². The topological polar surface area (TPSA) is 84.0 Å². The van der Waals surface area contributed by atoms with Crippen LogP contribution in [0.15, 0.2) is 42.7 Å². The van der Waals surface area contributed by atoms with Gasteiger partial charge in [0.15, 0.2) is 17.8 Å². The van der Waals surface area contributed by atoms with Crippen molar-refractivity contribution in [2.75, 3.05) is 32.8 Å². The molecular formula is C22H25N3O5. The Balaban J connectivity index is 1.49. The van der Waals surface area contributed by atoms with Crippen LogP contribution in [0.2, 0.25) is 0 Å². The molecular weight excluding hydrogens is 386 g/mol. The first kappa shape index (κ1) is 20.2. The lowest BCUT2D eigenvalue weighted by atomic mass is 10.2. The van der Waals surface area contributed by atoms with Gasteiger partial charge in [0.2, 0.25) is 0 Å². The quantitative estimate of drug-likeness (QED) is 0.626. The largest absolute Gasteiger partial charge is 0.493 e. The Kier molecular flexibility index (Phi) is 6.15. The predicted octanol–water partition coefficient (Wildman–Crippen LogP) is 3.92. The zero-order valence-corrected chi connectivity index (χ0v) is 17.3. The van der Waals surface area contributed by atoms with Gasteiger partial charge in [0.05, 0.1) is 33.0 Å². The van der Waals surface area contributed by atoms with E-state index in [1.807, 2.05) is 43.3 Å². The van der Waals surface area contributed by atoms with Crippen molar-refractivity contribution in [3.05, 3.63) is 42.7 Å². The highest BCUT2D eigenvalue weighted by Gasteiger charge is 2.23. The lowest BCUT2D eigenvalue weighted by Crippen LogP contribution is -2.37. The fourth-order valence-corrected chi connectivity index (χ4v) is 3.28. The van der Waals surface area contributed by atoms with Gasteiger partial charge in [0.1, 0.15) is 24.0 Å². The molecule has 1 atom stereocenters. The van der Waals surface area contributed by atoms with Gasteiger partial charge in [-0.1, -0.05) is 0 Å². The summed E-state index contributed by atoms with van der Waals surface area (Å²) in [6.45, 7) is 3.34. The SMILES string of the molecule is COc1cc2ncnc(Nc3ccc(OC(C)C4OCCCO4)cc3)c2cc1OC. The van der Waals surface area contributed by atoms with Gasteiger partial charge in [-0.05, 0) is 43.7 Å². The number of benzene rings is 2. The summed E-state index contributed by atoms with van der Waals surface area (Å²) < 4.78 is 27.9. The molecule has 1 aliphatic rings. The van der Waals surface area contributed by atoms with Crippen molar-refractivity contribution in [1.29, 1.82) is 0 Å². The summed E-state index contributed by atoms with van der Waals surface area (Å²) in [5, 5.41) is 4.16. The number of hydrogen-bond acceptors (Lipinski definition) is 8. The zero-order chi connectivity index (χ0) is 20.9. The molecule has 2 heterocycles. The van der Waals surface area contributed by atoms with Crippen LogP contribution in [-0.4, -0.2) is 49.8 Å². The molecule has 3 aromatic rings. The summed E-state index contributed by atoms with van der Waals surface area (Å²) in [4.78, 5) is 8.71. The van der Waals surface area contributed by atoms with E-state index < -0.39 is 0 Å². The Labute approximate surface area is 175 Å². The van der Waals surface area contributed by atoms with Crippen molar-refractivity contribution in [3.8, 4) is 17.2 Å². The Morgan fingerprint density at radius 2 is 1.70 bits per heavy atom. The van der Waals surface area contributed by atoms with Gasteiger partial charge in [0.25, 0.3) is 0 Å². The molecule has 0 radical (unpaired) electrons. The fourth-order valence-electron chi connectivity index (χ4n) is 3.28. The lowest BCUT2D eigenvalue weighted by Gasteiger charge is -2.28. The molecule has 0 spiro atoms. The third-order valence-corrected chi connectivity index (χ3v) is 4.82. The van der Waals surface area contributed by atoms with Gasteiger partial charge in [-0.3, -0.25) is 0 Å². The smallest absolute Gasteiger partial charge is 0.194 e. The van der Waals surface area contributed by atoms with Crippen molar-refractivity contribution in [1.82, 2.24) is 9.97 Å². The van der Waals surface area contributed by atoms with Gasteiger partial charge < -0.3 is 29.0 Å². The van der Waals surface area contributed by atoms with E-state index in [9.17, 15) is 0 Å². The van der Waals surface area contributed by atoms with Gasteiger partial charge in [-0.15, -0.1) is 0 Å². The maximum absolute atomic E-state index is 5.95. The summed E-state index contributed by atoms with van der Waals surface area (Å²) >= 11 is 0. The maximum atomic E-state index is 5.95. The van der Waals surface area contributed by atoms with E-state index in [2.05, 4.69) is 15.3 Å². The Hall–Kier alpha value is -3.10. The molecule has 4 rings (SSSR count). The minimum Gasteiger partial charge on any atom is -0.493 e. The maximum Gasteiger partial charge on any atom is 0.194 e. The van der Waals surface area contributed by atoms with Crippen molar-refractivity contribution in [2.45, 2.75) is 25.7 Å². The number of rotatable bonds is 7. The van der Waals surface area contributed by atoms with Crippen LogP contribution in [0, 0.1) is 0 Å². The van der Waals surface area contributed by atoms with E-state index in [1.165, 1.54) is 6.33 Å². The molecule has 1 saturated heterocycles. The number of nitrogens with one attached hydrogen (secondary N) is 1. The number of hydrogen-bond donors (Lipinski definition) is 1. The Morgan fingerprint density at radius 1 is 1.00 bits per heavy atom. The number of methoxy groups -OCH3 is 2. The second-order valence-corrected chi connectivity index (χ2v) is 6.88. The molecule has 30 heavy (non-hydrogen) atoms. The molecule has 158 valence electrons. The minimum absolute atomic E-state index is 0.197. The summed E-state index contributed by atoms with van der Waals surface area (Å²) in [5.41, 5.74) is 1.63. The van der Waals surface area contributed by atoms with Crippen molar-refractivity contribution in [2.24, 2.45) is 0 Å². The summed E-state index contributed by atoms with van der Waals surface area (Å²) in [6.07, 6.45) is 1.90. The van der Waals surface area contributed by atoms with Gasteiger partial charge in [0, 0.05) is 17.1 Å². The normalized spacial score (nSPS) is 15.6. The second kappa shape index (κ2) is 9.15. The van der Waals surface area contributed by atoms with Crippen LogP contribution < -0.4 is 19.5 Å². The van der Waals surface area contributed by atoms with Gasteiger partial charge in [-0.25, -0.2) is 9.97 Å². The number of ether oxygens (including phenoxy) is 5. The standard InChI is InChI=1S/C22H25N3O5/c1-14(22-28-9-4-10-29-22)30-16-7-5-15(6-8-16)25-21-17-11-19(26-2)20(27-3)12-18(17)23-13-24-21/h5-8,11-14,22H,4,9-10H2,1-3H3,(H,23,24,25). The van der Waals surface area contributed by atoms with Crippen molar-refractivity contribution >= 4 is 22.4 Å². The minimum atomic E-state index is -0.337. The van der Waals surface area contributed by atoms with Crippen molar-refractivity contribution < 1.29 is 23.7 Å². The molecule has 2 aromatic carbocycles. The first-order valence-corrected chi connectivity index (χ1v) is 9.81. The van der Waals surface area contributed by atoms with E-state index in [-0.39, 0.29) is 12.4 Å². The van der Waals surface area contributed by atoms with Crippen LogP contribution in [0.25, 0.3) is 10.9 Å². The monoisotopic (exact) mass is 411 g/mol. The predicted molar refractivity (Wildman–Crippen MR) is 113 cm³/mol. The summed E-state index contributed by atoms with van der Waals surface area (Å²) in [6, 6.07) is 11.3. The molecule has 1 fully saturated rings. The third kappa shape index (κ3) is 4.39. The molecule has 1 N–H and O–H groups in total. The number of nitrogens with zero attached hydrogens (tertiary/aromatic N) is 2. The Bertz CT molecular complexity index is 990. The molecule has 0 amide bonds. The lowest BCUT2D eigenvalue weighted by molar-refractivity contribution is -0.213. The number of aromatic nitrogens is 2. The molecule has 1 aliphatic heterocycles. The average molecular weight is 411 g/mol. The van der Waals surface area contributed by atoms with Crippen LogP contribution in [0.4, 0.5) is 11.5 Å². The van der Waals surface area contributed by atoms with Crippen LogP contribution in [-0.2, 0) is 9.47 Å². The first-order valence-electron chi connectivity index (χ1n) is 9.81. The average Bonchev–Trinajstić information content (AvgIpc) is 2.80. The summed E-state index contributed by atoms with van der Waals surface area (Å²) in [5.74, 6) is 2.65. The van der Waals surface area contributed by atoms with E-state index in [0.29, 0.717) is 30.5 Å². The highest BCUT2D eigenvalue weighted by Crippen LogP contribution is 2.34. The van der Waals surface area contributed by atoms with E-state index >= 15 is 0 Å². The second-order valence-electron chi connectivity index (χ2n) is 6.88. The van der Waals surface area contributed by atoms with Gasteiger partial charge in [-0.2, -0.15) is 0 Å². The molecule has 8 nitrogen and oxygen atoms in total. The molecule has 0 saturated carbocycles. The highest BCUT2D eigenvalue weighted by atomic mass is 16.7. The first-order chi connectivity index (χ1) is 14.7. The van der Waals surface area contributed by atoms with Crippen LogP contribution in [0.1, 0.15) is 13.3 Å². The fraction of sp³-hybridized carbons (Fsp3) is 0.364. The highest BCUT2D eigenvalue weighted by molar-refractivity contribution is 5.93. The third-order valence-electron chi connectivity index (χ3n) is 4.82. The molecule has 8 heteroatoms. The van der Waals surface area contributed by atoms with Crippen molar-refractivity contribution in [3.63, 3.8) is 0 Å².